The van der Waals surface area contributed by atoms with Gasteiger partial charge in [0, 0.05) is 18.7 Å². The van der Waals surface area contributed by atoms with Gasteiger partial charge in [0.1, 0.15) is 0 Å². The van der Waals surface area contributed by atoms with Gasteiger partial charge in [0.25, 0.3) is 0 Å². The molecule has 5 atom stereocenters. The van der Waals surface area contributed by atoms with Gasteiger partial charge >= 0.3 is 0 Å². The van der Waals surface area contributed by atoms with E-state index in [1.54, 1.807) is 0 Å². The average molecular weight is 197 g/mol. The number of nitrogens with one attached hydrogen (secondary N) is 1. The van der Waals surface area contributed by atoms with Gasteiger partial charge in [-0.15, -0.1) is 0 Å². The molecule has 1 N–H and O–H groups in total. The molecule has 2 rings (SSSR count). The molecule has 0 bridgehead atoms. The number of ether oxygens (including phenoxy) is 1. The minimum atomic E-state index is 0.637. The quantitative estimate of drug-likeness (QED) is 0.747. The highest BCUT2D eigenvalue weighted by molar-refractivity contribution is 4.92. The molecule has 0 radical (unpaired) electrons. The molecular formula is C12H23NO. The highest BCUT2D eigenvalue weighted by atomic mass is 16.5. The summed E-state index contributed by atoms with van der Waals surface area (Å²) in [5.74, 6) is 2.53. The van der Waals surface area contributed by atoms with Crippen LogP contribution in [0, 0.1) is 17.8 Å². The Morgan fingerprint density at radius 2 is 2.14 bits per heavy atom. The van der Waals surface area contributed by atoms with E-state index in [-0.39, 0.29) is 0 Å². The Kier molecular flexibility index (Phi) is 3.13. The molecule has 14 heavy (non-hydrogen) atoms. The van der Waals surface area contributed by atoms with Crippen LogP contribution < -0.4 is 5.32 Å². The minimum absolute atomic E-state index is 0.637. The largest absolute Gasteiger partial charge is 0.381 e. The van der Waals surface area contributed by atoms with Gasteiger partial charge in [0.05, 0.1) is 6.61 Å². The number of hydrogen-bond acceptors (Lipinski definition) is 2. The van der Waals surface area contributed by atoms with Crippen molar-refractivity contribution in [2.45, 2.75) is 45.7 Å². The smallest absolute Gasteiger partial charge is 0.0509 e. The molecule has 0 aromatic rings. The van der Waals surface area contributed by atoms with Gasteiger partial charge in [-0.2, -0.15) is 0 Å². The zero-order valence-corrected chi connectivity index (χ0v) is 9.62. The van der Waals surface area contributed by atoms with Crippen molar-refractivity contribution in [1.82, 2.24) is 5.32 Å². The molecule has 1 aliphatic carbocycles. The summed E-state index contributed by atoms with van der Waals surface area (Å²) in [7, 11) is 0. The van der Waals surface area contributed by atoms with Crippen LogP contribution in [0.1, 0.15) is 33.6 Å². The molecule has 0 aromatic heterocycles. The monoisotopic (exact) mass is 197 g/mol. The molecule has 0 spiro atoms. The van der Waals surface area contributed by atoms with E-state index < -0.39 is 0 Å². The van der Waals surface area contributed by atoms with E-state index in [2.05, 4.69) is 26.1 Å². The molecule has 5 unspecified atom stereocenters. The van der Waals surface area contributed by atoms with E-state index in [4.69, 9.17) is 4.74 Å². The van der Waals surface area contributed by atoms with E-state index >= 15 is 0 Å². The molecule has 0 aromatic carbocycles. The van der Waals surface area contributed by atoms with Crippen molar-refractivity contribution in [2.24, 2.45) is 17.8 Å². The Bertz CT molecular complexity index is 189. The van der Waals surface area contributed by atoms with E-state index in [1.807, 2.05) is 0 Å². The Labute approximate surface area is 87.4 Å². The minimum Gasteiger partial charge on any atom is -0.381 e. The summed E-state index contributed by atoms with van der Waals surface area (Å²) in [5, 5.41) is 3.76. The van der Waals surface area contributed by atoms with Crippen LogP contribution in [0.25, 0.3) is 0 Å². The van der Waals surface area contributed by atoms with Crippen LogP contribution in [0.3, 0.4) is 0 Å². The van der Waals surface area contributed by atoms with E-state index in [0.29, 0.717) is 6.04 Å². The second-order valence-corrected chi connectivity index (χ2v) is 5.26. The Morgan fingerprint density at radius 1 is 1.36 bits per heavy atom. The van der Waals surface area contributed by atoms with Crippen molar-refractivity contribution >= 4 is 0 Å². The van der Waals surface area contributed by atoms with Crippen molar-refractivity contribution in [3.8, 4) is 0 Å². The molecule has 2 heteroatoms. The van der Waals surface area contributed by atoms with Gasteiger partial charge < -0.3 is 10.1 Å². The fraction of sp³-hybridized carbons (Fsp3) is 1.00. The van der Waals surface area contributed by atoms with E-state index in [9.17, 15) is 0 Å². The van der Waals surface area contributed by atoms with Gasteiger partial charge in [-0.1, -0.05) is 13.8 Å². The van der Waals surface area contributed by atoms with Crippen LogP contribution in [0.15, 0.2) is 0 Å². The highest BCUT2D eigenvalue weighted by Crippen LogP contribution is 2.34. The molecule has 2 aliphatic rings. The third-order valence-corrected chi connectivity index (χ3v) is 4.31. The van der Waals surface area contributed by atoms with Crippen LogP contribution in [-0.2, 0) is 4.74 Å². The standard InChI is InChI=1S/C12H23NO/c1-8-6-12(9(8)2)13-10(3)11-4-5-14-7-11/h8-13H,4-7H2,1-3H3. The van der Waals surface area contributed by atoms with Gasteiger partial charge in [-0.25, -0.2) is 0 Å². The molecule has 1 aliphatic heterocycles. The first-order valence-electron chi connectivity index (χ1n) is 6.02. The highest BCUT2D eigenvalue weighted by Gasteiger charge is 2.36. The summed E-state index contributed by atoms with van der Waals surface area (Å²) in [4.78, 5) is 0. The fourth-order valence-corrected chi connectivity index (χ4v) is 2.67. The summed E-state index contributed by atoms with van der Waals surface area (Å²) in [5.41, 5.74) is 0. The molecule has 2 fully saturated rings. The van der Waals surface area contributed by atoms with Gasteiger partial charge in [-0.3, -0.25) is 0 Å². The third kappa shape index (κ3) is 1.96. The Hall–Kier alpha value is -0.0800. The van der Waals surface area contributed by atoms with Crippen LogP contribution in [0.5, 0.6) is 0 Å². The average Bonchev–Trinajstić information content (AvgIpc) is 2.69. The van der Waals surface area contributed by atoms with Crippen molar-refractivity contribution in [1.29, 1.82) is 0 Å². The second-order valence-electron chi connectivity index (χ2n) is 5.26. The molecule has 1 saturated heterocycles. The lowest BCUT2D eigenvalue weighted by atomic mass is 9.71. The lowest BCUT2D eigenvalue weighted by Gasteiger charge is -2.43. The first-order valence-corrected chi connectivity index (χ1v) is 6.02. The van der Waals surface area contributed by atoms with E-state index in [1.165, 1.54) is 12.8 Å². The maximum Gasteiger partial charge on any atom is 0.0509 e. The maximum atomic E-state index is 5.42. The van der Waals surface area contributed by atoms with Crippen LogP contribution >= 0.6 is 0 Å². The molecule has 0 amide bonds. The van der Waals surface area contributed by atoms with Crippen molar-refractivity contribution < 1.29 is 4.74 Å². The molecule has 82 valence electrons. The summed E-state index contributed by atoms with van der Waals surface area (Å²) in [6.07, 6.45) is 2.60. The first-order chi connectivity index (χ1) is 6.68. The van der Waals surface area contributed by atoms with E-state index in [0.717, 1.165) is 37.0 Å². The number of hydrogen-bond donors (Lipinski definition) is 1. The van der Waals surface area contributed by atoms with Crippen molar-refractivity contribution in [3.05, 3.63) is 0 Å². The zero-order chi connectivity index (χ0) is 10.1. The third-order valence-electron chi connectivity index (χ3n) is 4.31. The molecule has 2 nitrogen and oxygen atoms in total. The maximum absolute atomic E-state index is 5.42. The van der Waals surface area contributed by atoms with Gasteiger partial charge in [0.15, 0.2) is 0 Å². The van der Waals surface area contributed by atoms with Crippen molar-refractivity contribution in [2.75, 3.05) is 13.2 Å². The normalized spacial score (nSPS) is 44.8. The summed E-state index contributed by atoms with van der Waals surface area (Å²) in [6, 6.07) is 1.40. The Balaban J connectivity index is 1.74. The summed E-state index contributed by atoms with van der Waals surface area (Å²) < 4.78 is 5.42. The molecular weight excluding hydrogens is 174 g/mol. The predicted octanol–water partition coefficient (Wildman–Crippen LogP) is 2.05. The lowest BCUT2D eigenvalue weighted by molar-refractivity contribution is 0.112. The van der Waals surface area contributed by atoms with Gasteiger partial charge in [0.2, 0.25) is 0 Å². The van der Waals surface area contributed by atoms with Crippen LogP contribution in [0.2, 0.25) is 0 Å². The number of rotatable bonds is 3. The topological polar surface area (TPSA) is 21.3 Å². The van der Waals surface area contributed by atoms with Crippen LogP contribution in [0.4, 0.5) is 0 Å². The fourth-order valence-electron chi connectivity index (χ4n) is 2.67. The second kappa shape index (κ2) is 4.19. The molecule has 1 heterocycles. The van der Waals surface area contributed by atoms with Gasteiger partial charge in [-0.05, 0) is 37.5 Å². The zero-order valence-electron chi connectivity index (χ0n) is 9.62. The summed E-state index contributed by atoms with van der Waals surface area (Å²) >= 11 is 0. The summed E-state index contributed by atoms with van der Waals surface area (Å²) in [6.45, 7) is 8.96. The predicted molar refractivity (Wildman–Crippen MR) is 58.3 cm³/mol. The lowest BCUT2D eigenvalue weighted by Crippen LogP contribution is -2.52. The van der Waals surface area contributed by atoms with Crippen LogP contribution in [-0.4, -0.2) is 25.3 Å². The first kappa shape index (κ1) is 10.4. The Morgan fingerprint density at radius 3 is 2.64 bits per heavy atom. The molecule has 1 saturated carbocycles. The SMILES string of the molecule is CC1CC(NC(C)C2CCOC2)C1C. The van der Waals surface area contributed by atoms with Crippen molar-refractivity contribution in [3.63, 3.8) is 0 Å².